The van der Waals surface area contributed by atoms with Gasteiger partial charge in [-0.05, 0) is 12.1 Å². The summed E-state index contributed by atoms with van der Waals surface area (Å²) in [5, 5.41) is 10.1. The Morgan fingerprint density at radius 1 is 1.26 bits per heavy atom. The van der Waals surface area contributed by atoms with Gasteiger partial charge >= 0.3 is 5.97 Å². The predicted octanol–water partition coefficient (Wildman–Crippen LogP) is 3.36. The van der Waals surface area contributed by atoms with Crippen molar-refractivity contribution < 1.29 is 14.7 Å². The van der Waals surface area contributed by atoms with Crippen molar-refractivity contribution >= 4 is 34.3 Å². The number of rotatable bonds is 4. The molecule has 0 radical (unpaired) electrons. The lowest BCUT2D eigenvalue weighted by molar-refractivity contribution is -0.142. The van der Waals surface area contributed by atoms with Crippen LogP contribution in [0.3, 0.4) is 0 Å². The van der Waals surface area contributed by atoms with Crippen molar-refractivity contribution in [2.45, 2.75) is 13.8 Å². The first-order chi connectivity index (χ1) is 8.93. The van der Waals surface area contributed by atoms with E-state index >= 15 is 0 Å². The van der Waals surface area contributed by atoms with Gasteiger partial charge in [0.1, 0.15) is 0 Å². The second-order valence-electron chi connectivity index (χ2n) is 4.64. The first-order valence-corrected chi connectivity index (χ1v) is 6.34. The number of carbonyl (C=O) groups excluding carboxylic acids is 1. The molecule has 19 heavy (non-hydrogen) atoms. The first kappa shape index (κ1) is 13.6. The zero-order valence-corrected chi connectivity index (χ0v) is 11.4. The number of aromatic nitrogens is 1. The van der Waals surface area contributed by atoms with Crippen molar-refractivity contribution in [2.24, 2.45) is 11.8 Å². The highest BCUT2D eigenvalue weighted by Crippen LogP contribution is 2.29. The smallest absolute Gasteiger partial charge is 0.306 e. The van der Waals surface area contributed by atoms with Crippen LogP contribution in [0, 0.1) is 11.8 Å². The Balaban J connectivity index is 2.45. The maximum atomic E-state index is 12.4. The van der Waals surface area contributed by atoms with E-state index in [9.17, 15) is 9.59 Å². The summed E-state index contributed by atoms with van der Waals surface area (Å²) >= 11 is 6.11. The average molecular weight is 280 g/mol. The summed E-state index contributed by atoms with van der Waals surface area (Å²) in [6.07, 6.45) is 1.59. The summed E-state index contributed by atoms with van der Waals surface area (Å²) in [7, 11) is 0. The van der Waals surface area contributed by atoms with Gasteiger partial charge in [0.15, 0.2) is 5.78 Å². The van der Waals surface area contributed by atoms with Crippen LogP contribution in [0.5, 0.6) is 0 Å². The van der Waals surface area contributed by atoms with Crippen LogP contribution >= 0.6 is 11.6 Å². The molecule has 5 heteroatoms. The van der Waals surface area contributed by atoms with E-state index in [1.54, 1.807) is 25.3 Å². The Hall–Kier alpha value is -1.81. The number of Topliss-reactive ketones (excluding diaryl/α,β-unsaturated/α-hetero) is 1. The number of aliphatic carboxylic acids is 1. The number of carboxylic acids is 1. The molecule has 1 aromatic carbocycles. The molecule has 0 saturated carbocycles. The van der Waals surface area contributed by atoms with Crippen molar-refractivity contribution in [1.29, 1.82) is 0 Å². The van der Waals surface area contributed by atoms with E-state index < -0.39 is 17.8 Å². The number of carbonyl (C=O) groups is 2. The van der Waals surface area contributed by atoms with Gasteiger partial charge in [-0.15, -0.1) is 0 Å². The molecule has 0 aliphatic heterocycles. The monoisotopic (exact) mass is 279 g/mol. The molecule has 2 atom stereocenters. The number of benzene rings is 1. The number of H-pyrrole nitrogens is 1. The van der Waals surface area contributed by atoms with Crippen LogP contribution in [0.15, 0.2) is 24.4 Å². The Bertz CT molecular complexity index is 647. The number of aromatic amines is 1. The number of hydrogen-bond donors (Lipinski definition) is 2. The molecule has 2 unspecified atom stereocenters. The van der Waals surface area contributed by atoms with Crippen LogP contribution in [0.1, 0.15) is 24.2 Å². The fourth-order valence-electron chi connectivity index (χ4n) is 2.02. The summed E-state index contributed by atoms with van der Waals surface area (Å²) in [4.78, 5) is 26.3. The van der Waals surface area contributed by atoms with Crippen LogP contribution in [0.25, 0.3) is 10.9 Å². The molecule has 0 aliphatic carbocycles. The van der Waals surface area contributed by atoms with Gasteiger partial charge in [-0.3, -0.25) is 9.59 Å². The molecule has 2 rings (SSSR count). The minimum Gasteiger partial charge on any atom is -0.481 e. The SMILES string of the molecule is CC(C(=O)O)C(C)C(=O)c1c[nH]c2cccc(Cl)c12. The van der Waals surface area contributed by atoms with Gasteiger partial charge in [0.25, 0.3) is 0 Å². The molecule has 0 bridgehead atoms. The molecule has 4 nitrogen and oxygen atoms in total. The maximum absolute atomic E-state index is 12.4. The third-order valence-corrected chi connectivity index (χ3v) is 3.79. The van der Waals surface area contributed by atoms with E-state index in [-0.39, 0.29) is 5.78 Å². The van der Waals surface area contributed by atoms with E-state index in [1.165, 1.54) is 6.92 Å². The number of fused-ring (bicyclic) bond motifs is 1. The van der Waals surface area contributed by atoms with Crippen LogP contribution < -0.4 is 0 Å². The number of carboxylic acid groups (broad SMARTS) is 1. The summed E-state index contributed by atoms with van der Waals surface area (Å²) in [5.41, 5.74) is 1.22. The number of nitrogens with one attached hydrogen (secondary N) is 1. The van der Waals surface area contributed by atoms with Crippen molar-refractivity contribution in [3.8, 4) is 0 Å². The second-order valence-corrected chi connectivity index (χ2v) is 5.05. The summed E-state index contributed by atoms with van der Waals surface area (Å²) in [6, 6.07) is 5.32. The van der Waals surface area contributed by atoms with Gasteiger partial charge in [-0.1, -0.05) is 31.5 Å². The molecule has 2 aromatic rings. The fourth-order valence-corrected chi connectivity index (χ4v) is 2.30. The van der Waals surface area contributed by atoms with Gasteiger partial charge in [-0.2, -0.15) is 0 Å². The summed E-state index contributed by atoms with van der Waals surface area (Å²) in [5.74, 6) is -2.53. The lowest BCUT2D eigenvalue weighted by atomic mass is 9.88. The average Bonchev–Trinajstić information content (AvgIpc) is 2.81. The molecule has 0 saturated heterocycles. The van der Waals surface area contributed by atoms with Crippen molar-refractivity contribution in [2.75, 3.05) is 0 Å². The molecule has 0 aliphatic rings. The van der Waals surface area contributed by atoms with Crippen LogP contribution in [0.2, 0.25) is 5.02 Å². The predicted molar refractivity (Wildman–Crippen MR) is 73.6 cm³/mol. The van der Waals surface area contributed by atoms with Crippen molar-refractivity contribution in [1.82, 2.24) is 4.98 Å². The topological polar surface area (TPSA) is 70.2 Å². The van der Waals surface area contributed by atoms with Crippen LogP contribution in [0.4, 0.5) is 0 Å². The van der Waals surface area contributed by atoms with E-state index in [0.717, 1.165) is 5.52 Å². The number of halogens is 1. The molecule has 1 heterocycles. The lowest BCUT2D eigenvalue weighted by Gasteiger charge is -2.14. The molecular formula is C14H14ClNO3. The van der Waals surface area contributed by atoms with Gasteiger partial charge in [0.2, 0.25) is 0 Å². The maximum Gasteiger partial charge on any atom is 0.306 e. The second kappa shape index (κ2) is 5.05. The molecule has 0 fully saturated rings. The Labute approximate surface area is 115 Å². The molecule has 1 aromatic heterocycles. The molecule has 100 valence electrons. The van der Waals surface area contributed by atoms with Crippen LogP contribution in [-0.4, -0.2) is 21.8 Å². The van der Waals surface area contributed by atoms with Crippen LogP contribution in [-0.2, 0) is 4.79 Å². The zero-order chi connectivity index (χ0) is 14.2. The number of hydrogen-bond acceptors (Lipinski definition) is 2. The standard InChI is InChI=1S/C14H14ClNO3/c1-7(8(2)14(18)19)13(17)9-6-16-11-5-3-4-10(15)12(9)11/h3-8,16H,1-2H3,(H,18,19). The zero-order valence-electron chi connectivity index (χ0n) is 10.6. The van der Waals surface area contributed by atoms with E-state index in [4.69, 9.17) is 16.7 Å². The third-order valence-electron chi connectivity index (χ3n) is 3.47. The third kappa shape index (κ3) is 2.36. The Kier molecular flexibility index (Phi) is 3.62. The fraction of sp³-hybridized carbons (Fsp3) is 0.286. The van der Waals surface area contributed by atoms with Gasteiger partial charge in [-0.25, -0.2) is 0 Å². The highest BCUT2D eigenvalue weighted by atomic mass is 35.5. The minimum atomic E-state index is -0.980. The van der Waals surface area contributed by atoms with Gasteiger partial charge in [0.05, 0.1) is 10.9 Å². The van der Waals surface area contributed by atoms with E-state index in [0.29, 0.717) is 16.0 Å². The summed E-state index contributed by atoms with van der Waals surface area (Å²) < 4.78 is 0. The van der Waals surface area contributed by atoms with E-state index in [1.807, 2.05) is 6.07 Å². The number of ketones is 1. The highest BCUT2D eigenvalue weighted by molar-refractivity contribution is 6.37. The van der Waals surface area contributed by atoms with E-state index in [2.05, 4.69) is 4.98 Å². The first-order valence-electron chi connectivity index (χ1n) is 5.96. The molecule has 0 spiro atoms. The van der Waals surface area contributed by atoms with Crippen molar-refractivity contribution in [3.63, 3.8) is 0 Å². The molecule has 2 N–H and O–H groups in total. The minimum absolute atomic E-state index is 0.214. The van der Waals surface area contributed by atoms with Crippen molar-refractivity contribution in [3.05, 3.63) is 35.0 Å². The Morgan fingerprint density at radius 2 is 1.95 bits per heavy atom. The Morgan fingerprint density at radius 3 is 2.58 bits per heavy atom. The van der Waals surface area contributed by atoms with Gasteiger partial charge in [0, 0.05) is 28.6 Å². The largest absolute Gasteiger partial charge is 0.481 e. The quantitative estimate of drug-likeness (QED) is 0.843. The normalized spacial score (nSPS) is 14.3. The van der Waals surface area contributed by atoms with Gasteiger partial charge < -0.3 is 10.1 Å². The highest BCUT2D eigenvalue weighted by Gasteiger charge is 2.28. The molecular weight excluding hydrogens is 266 g/mol. The summed E-state index contributed by atoms with van der Waals surface area (Å²) in [6.45, 7) is 3.15. The molecule has 0 amide bonds. The lowest BCUT2D eigenvalue weighted by Crippen LogP contribution is -2.25.